The molecule has 0 aliphatic carbocycles. The molecule has 0 aliphatic heterocycles. The molecule has 1 heterocycles. The first-order valence-corrected chi connectivity index (χ1v) is 7.52. The van der Waals surface area contributed by atoms with Gasteiger partial charge in [0.05, 0.1) is 16.7 Å². The molecule has 0 saturated heterocycles. The molecule has 4 aromatic rings. The summed E-state index contributed by atoms with van der Waals surface area (Å²) in [6.07, 6.45) is 0. The molecule has 0 unspecified atom stereocenters. The average Bonchev–Trinajstić information content (AvgIpc) is 2.81. The lowest BCUT2D eigenvalue weighted by atomic mass is 10.1. The number of aryl methyl sites for hydroxylation is 2. The summed E-state index contributed by atoms with van der Waals surface area (Å²) in [4.78, 5) is 0. The Kier molecular flexibility index (Phi) is 2.98. The van der Waals surface area contributed by atoms with Crippen LogP contribution >= 0.6 is 0 Å². The number of hydrogen-bond donors (Lipinski definition) is 0. The maximum Gasteiger partial charge on any atom is 0.147 e. The summed E-state index contributed by atoms with van der Waals surface area (Å²) in [7, 11) is 0. The van der Waals surface area contributed by atoms with E-state index in [0.29, 0.717) is 16.8 Å². The molecule has 0 atom stereocenters. The van der Waals surface area contributed by atoms with Crippen LogP contribution in [0.1, 0.15) is 11.1 Å². The number of halogens is 2. The molecule has 1 nitrogen and oxygen atoms in total. The first kappa shape index (κ1) is 13.9. The van der Waals surface area contributed by atoms with E-state index in [1.807, 2.05) is 25.1 Å². The Morgan fingerprint density at radius 2 is 1.48 bits per heavy atom. The lowest BCUT2D eigenvalue weighted by Crippen LogP contribution is -1.97. The van der Waals surface area contributed by atoms with Gasteiger partial charge in [-0.25, -0.2) is 8.78 Å². The zero-order valence-corrected chi connectivity index (χ0v) is 12.9. The van der Waals surface area contributed by atoms with Crippen molar-refractivity contribution in [1.82, 2.24) is 4.57 Å². The molecule has 3 aromatic carbocycles. The molecule has 114 valence electrons. The van der Waals surface area contributed by atoms with Gasteiger partial charge in [-0.05, 0) is 55.8 Å². The summed E-state index contributed by atoms with van der Waals surface area (Å²) in [6, 6.07) is 15.9. The lowest BCUT2D eigenvalue weighted by Gasteiger charge is -2.09. The molecule has 0 bridgehead atoms. The minimum absolute atomic E-state index is 0.283. The highest BCUT2D eigenvalue weighted by molar-refractivity contribution is 6.09. The zero-order valence-electron chi connectivity index (χ0n) is 12.9. The normalized spacial score (nSPS) is 11.5. The second kappa shape index (κ2) is 4.92. The molecule has 0 aliphatic rings. The second-order valence-corrected chi connectivity index (χ2v) is 5.93. The maximum absolute atomic E-state index is 14.4. The van der Waals surface area contributed by atoms with Crippen molar-refractivity contribution in [2.75, 3.05) is 0 Å². The van der Waals surface area contributed by atoms with Crippen molar-refractivity contribution in [3.8, 4) is 5.69 Å². The van der Waals surface area contributed by atoms with Crippen LogP contribution in [0.2, 0.25) is 0 Å². The van der Waals surface area contributed by atoms with E-state index < -0.39 is 0 Å². The van der Waals surface area contributed by atoms with Gasteiger partial charge in [0.15, 0.2) is 0 Å². The standard InChI is InChI=1S/C20H15F2N/c1-12-7-8-18-14(9-12)15-10-13(2)17(22)11-20(15)23(18)19-6-4-3-5-16(19)21/h3-11H,1-2H3. The molecule has 0 saturated carbocycles. The van der Waals surface area contributed by atoms with Crippen LogP contribution in [-0.2, 0) is 0 Å². The topological polar surface area (TPSA) is 4.93 Å². The van der Waals surface area contributed by atoms with E-state index >= 15 is 0 Å². The van der Waals surface area contributed by atoms with E-state index in [1.165, 1.54) is 12.1 Å². The van der Waals surface area contributed by atoms with Crippen LogP contribution in [0, 0.1) is 25.5 Å². The van der Waals surface area contributed by atoms with Crippen molar-refractivity contribution >= 4 is 21.8 Å². The Hall–Kier alpha value is -2.68. The molecule has 0 N–H and O–H groups in total. The van der Waals surface area contributed by atoms with E-state index in [1.54, 1.807) is 29.7 Å². The highest BCUT2D eigenvalue weighted by Gasteiger charge is 2.16. The molecule has 0 radical (unpaired) electrons. The van der Waals surface area contributed by atoms with Gasteiger partial charge in [-0.1, -0.05) is 23.8 Å². The first-order valence-electron chi connectivity index (χ1n) is 7.52. The van der Waals surface area contributed by atoms with Crippen molar-refractivity contribution in [2.24, 2.45) is 0 Å². The van der Waals surface area contributed by atoms with Gasteiger partial charge in [0.1, 0.15) is 11.6 Å². The quantitative estimate of drug-likeness (QED) is 0.426. The molecule has 0 amide bonds. The number of hydrogen-bond acceptors (Lipinski definition) is 0. The van der Waals surface area contributed by atoms with E-state index in [9.17, 15) is 8.78 Å². The molecule has 1 aromatic heterocycles. The molecular formula is C20H15F2N. The maximum atomic E-state index is 14.4. The largest absolute Gasteiger partial charge is 0.306 e. The smallest absolute Gasteiger partial charge is 0.147 e. The molecule has 3 heteroatoms. The van der Waals surface area contributed by atoms with Crippen LogP contribution in [0.5, 0.6) is 0 Å². The van der Waals surface area contributed by atoms with E-state index in [2.05, 4.69) is 6.07 Å². The van der Waals surface area contributed by atoms with E-state index in [-0.39, 0.29) is 11.6 Å². The monoisotopic (exact) mass is 307 g/mol. The van der Waals surface area contributed by atoms with Gasteiger partial charge in [-0.3, -0.25) is 0 Å². The summed E-state index contributed by atoms with van der Waals surface area (Å²) >= 11 is 0. The van der Waals surface area contributed by atoms with Crippen molar-refractivity contribution in [1.29, 1.82) is 0 Å². The summed E-state index contributed by atoms with van der Waals surface area (Å²) in [5.41, 5.74) is 3.69. The number of rotatable bonds is 1. The van der Waals surface area contributed by atoms with E-state index in [4.69, 9.17) is 0 Å². The third-order valence-corrected chi connectivity index (χ3v) is 4.29. The summed E-state index contributed by atoms with van der Waals surface area (Å²) in [5.74, 6) is -0.609. The average molecular weight is 307 g/mol. The van der Waals surface area contributed by atoms with Crippen LogP contribution in [0.3, 0.4) is 0 Å². The number of para-hydroxylation sites is 1. The van der Waals surface area contributed by atoms with Gasteiger partial charge in [0.2, 0.25) is 0 Å². The number of aromatic nitrogens is 1. The van der Waals surface area contributed by atoms with Gasteiger partial charge in [0.25, 0.3) is 0 Å². The van der Waals surface area contributed by atoms with Crippen LogP contribution in [-0.4, -0.2) is 4.57 Å². The highest BCUT2D eigenvalue weighted by atomic mass is 19.1. The third kappa shape index (κ3) is 2.04. The van der Waals surface area contributed by atoms with Crippen molar-refractivity contribution in [3.05, 3.63) is 77.4 Å². The fraction of sp³-hybridized carbons (Fsp3) is 0.100. The summed E-state index contributed by atoms with van der Waals surface area (Å²) in [5, 5.41) is 1.94. The fourth-order valence-electron chi connectivity index (χ4n) is 3.15. The van der Waals surface area contributed by atoms with Gasteiger partial charge in [-0.2, -0.15) is 0 Å². The van der Waals surface area contributed by atoms with Crippen LogP contribution in [0.15, 0.2) is 54.6 Å². The number of fused-ring (bicyclic) bond motifs is 3. The van der Waals surface area contributed by atoms with Crippen LogP contribution < -0.4 is 0 Å². The summed E-state index contributed by atoms with van der Waals surface area (Å²) < 4.78 is 30.3. The highest BCUT2D eigenvalue weighted by Crippen LogP contribution is 2.34. The Bertz CT molecular complexity index is 1060. The Morgan fingerprint density at radius 1 is 0.739 bits per heavy atom. The van der Waals surface area contributed by atoms with E-state index in [0.717, 1.165) is 21.9 Å². The van der Waals surface area contributed by atoms with Gasteiger partial charge < -0.3 is 4.57 Å². The van der Waals surface area contributed by atoms with Crippen molar-refractivity contribution < 1.29 is 8.78 Å². The SMILES string of the molecule is Cc1ccc2c(c1)c1cc(C)c(F)cc1n2-c1ccccc1F. The lowest BCUT2D eigenvalue weighted by molar-refractivity contribution is 0.616. The molecular weight excluding hydrogens is 292 g/mol. The van der Waals surface area contributed by atoms with Gasteiger partial charge in [-0.15, -0.1) is 0 Å². The fourth-order valence-corrected chi connectivity index (χ4v) is 3.15. The Morgan fingerprint density at radius 3 is 2.26 bits per heavy atom. The minimum Gasteiger partial charge on any atom is -0.306 e. The van der Waals surface area contributed by atoms with Crippen molar-refractivity contribution in [2.45, 2.75) is 13.8 Å². The third-order valence-electron chi connectivity index (χ3n) is 4.29. The molecule has 23 heavy (non-hydrogen) atoms. The number of nitrogens with zero attached hydrogens (tertiary/aromatic N) is 1. The first-order chi connectivity index (χ1) is 11.1. The zero-order chi connectivity index (χ0) is 16.1. The van der Waals surface area contributed by atoms with Crippen LogP contribution in [0.25, 0.3) is 27.5 Å². The minimum atomic E-state index is -0.326. The molecule has 4 rings (SSSR count). The van der Waals surface area contributed by atoms with Gasteiger partial charge in [0, 0.05) is 10.8 Å². The van der Waals surface area contributed by atoms with Gasteiger partial charge >= 0.3 is 0 Å². The predicted octanol–water partition coefficient (Wildman–Crippen LogP) is 5.68. The predicted molar refractivity (Wildman–Crippen MR) is 90.2 cm³/mol. The summed E-state index contributed by atoms with van der Waals surface area (Å²) in [6.45, 7) is 3.76. The Labute approximate surface area is 132 Å². The van der Waals surface area contributed by atoms with Crippen LogP contribution in [0.4, 0.5) is 8.78 Å². The number of benzene rings is 3. The second-order valence-electron chi connectivity index (χ2n) is 5.93. The Balaban J connectivity index is 2.25. The molecule has 0 fully saturated rings. The van der Waals surface area contributed by atoms with Crippen molar-refractivity contribution in [3.63, 3.8) is 0 Å². The molecule has 0 spiro atoms.